The highest BCUT2D eigenvalue weighted by Crippen LogP contribution is 2.52. The molecule has 1 saturated carbocycles. The fourth-order valence-electron chi connectivity index (χ4n) is 5.95. The van der Waals surface area contributed by atoms with Crippen molar-refractivity contribution in [1.29, 1.82) is 0 Å². The van der Waals surface area contributed by atoms with Crippen molar-refractivity contribution < 1.29 is 33.4 Å². The molecule has 44 heavy (non-hydrogen) atoms. The van der Waals surface area contributed by atoms with Crippen molar-refractivity contribution in [3.63, 3.8) is 0 Å². The van der Waals surface area contributed by atoms with Crippen LogP contribution in [-0.4, -0.2) is 101 Å². The minimum absolute atomic E-state index is 0.0237. The average Bonchev–Trinajstić information content (AvgIpc) is 3.53. The van der Waals surface area contributed by atoms with Gasteiger partial charge in [0.15, 0.2) is 5.82 Å². The molecule has 13 heteroatoms. The number of halogens is 1. The molecule has 0 bridgehead atoms. The van der Waals surface area contributed by atoms with Crippen molar-refractivity contribution in [2.75, 3.05) is 50.8 Å². The molecule has 2 unspecified atom stereocenters. The number of anilines is 1. The molecule has 2 N–H and O–H groups in total. The Kier molecular flexibility index (Phi) is 9.31. The highest BCUT2D eigenvalue weighted by atomic mass is 19.1. The van der Waals surface area contributed by atoms with Crippen LogP contribution in [0.15, 0.2) is 30.3 Å². The number of nitrogens with zero attached hydrogens (tertiary/aromatic N) is 5. The highest BCUT2D eigenvalue weighted by Gasteiger charge is 2.60. The number of nitrogens with one attached hydrogen (secondary N) is 1. The molecule has 1 aliphatic carbocycles. The van der Waals surface area contributed by atoms with Gasteiger partial charge < -0.3 is 29.9 Å². The average molecular weight is 611 g/mol. The van der Waals surface area contributed by atoms with E-state index in [0.717, 1.165) is 12.8 Å². The van der Waals surface area contributed by atoms with E-state index in [1.807, 2.05) is 25.7 Å². The summed E-state index contributed by atoms with van der Waals surface area (Å²) in [6.07, 6.45) is 1.34. The second kappa shape index (κ2) is 13.1. The lowest BCUT2D eigenvalue weighted by molar-refractivity contribution is -0.139. The lowest BCUT2D eigenvalue weighted by Gasteiger charge is -2.36. The summed E-state index contributed by atoms with van der Waals surface area (Å²) in [7, 11) is 0. The Morgan fingerprint density at radius 1 is 1.02 bits per heavy atom. The monoisotopic (exact) mass is 610 g/mol. The number of carbonyl (C=O) groups is 4. The summed E-state index contributed by atoms with van der Waals surface area (Å²) >= 11 is 0. The summed E-state index contributed by atoms with van der Waals surface area (Å²) < 4.78 is 18.9. The van der Waals surface area contributed by atoms with Gasteiger partial charge in [0, 0.05) is 50.9 Å². The Morgan fingerprint density at radius 3 is 2.25 bits per heavy atom. The second-order valence-electron chi connectivity index (χ2n) is 12.0. The summed E-state index contributed by atoms with van der Waals surface area (Å²) in [5.74, 6) is -1.89. The Bertz CT molecular complexity index is 1380. The van der Waals surface area contributed by atoms with Crippen LogP contribution in [0.4, 0.5) is 15.0 Å². The number of ether oxygens (including phenoxy) is 1. The van der Waals surface area contributed by atoms with E-state index >= 15 is 0 Å². The molecular formula is C31H39FN6O6. The molecule has 5 rings (SSSR count). The molecule has 3 heterocycles. The van der Waals surface area contributed by atoms with Gasteiger partial charge in [-0.3, -0.25) is 14.4 Å². The van der Waals surface area contributed by atoms with Gasteiger partial charge in [0.05, 0.1) is 12.5 Å². The molecule has 2 aliphatic heterocycles. The first kappa shape index (κ1) is 31.1. The summed E-state index contributed by atoms with van der Waals surface area (Å²) in [5.41, 5.74) is 0.556. The summed E-state index contributed by atoms with van der Waals surface area (Å²) in [6.45, 7) is 8.38. The van der Waals surface area contributed by atoms with Gasteiger partial charge in [-0.05, 0) is 48.4 Å². The van der Waals surface area contributed by atoms with Crippen LogP contribution in [0.3, 0.4) is 0 Å². The molecule has 1 aromatic carbocycles. The molecule has 3 amide bonds. The van der Waals surface area contributed by atoms with Crippen molar-refractivity contribution in [3.05, 3.63) is 41.8 Å². The Morgan fingerprint density at radius 2 is 1.66 bits per heavy atom. The molecule has 3 atom stereocenters. The third-order valence-corrected chi connectivity index (χ3v) is 8.64. The van der Waals surface area contributed by atoms with E-state index in [1.54, 1.807) is 15.9 Å². The van der Waals surface area contributed by atoms with Crippen LogP contribution < -0.4 is 10.2 Å². The van der Waals surface area contributed by atoms with E-state index < -0.39 is 23.7 Å². The number of carboxylic acids is 1. The third-order valence-electron chi connectivity index (χ3n) is 8.64. The number of piperidine rings is 1. The minimum atomic E-state index is -0.839. The number of aliphatic carboxylic acids is 1. The lowest BCUT2D eigenvalue weighted by atomic mass is 10.0. The third kappa shape index (κ3) is 6.76. The van der Waals surface area contributed by atoms with E-state index in [2.05, 4.69) is 15.3 Å². The minimum Gasteiger partial charge on any atom is -0.481 e. The van der Waals surface area contributed by atoms with Gasteiger partial charge in [-0.25, -0.2) is 19.2 Å². The van der Waals surface area contributed by atoms with Crippen LogP contribution in [0, 0.1) is 29.5 Å². The van der Waals surface area contributed by atoms with Gasteiger partial charge in [-0.15, -0.1) is 0 Å². The second-order valence-corrected chi connectivity index (χ2v) is 12.0. The maximum atomic E-state index is 13.6. The number of amides is 3. The summed E-state index contributed by atoms with van der Waals surface area (Å²) in [5, 5.41) is 12.3. The number of unbranched alkanes of at least 4 members (excludes halogenated alkanes) is 1. The number of carboxylic acid groups (broad SMARTS) is 1. The van der Waals surface area contributed by atoms with Crippen LogP contribution in [-0.2, 0) is 14.3 Å². The number of fused-ring (bicyclic) bond motifs is 1. The van der Waals surface area contributed by atoms with Crippen molar-refractivity contribution in [3.8, 4) is 11.4 Å². The molecule has 3 fully saturated rings. The molecule has 0 spiro atoms. The van der Waals surface area contributed by atoms with E-state index in [1.165, 1.54) is 24.3 Å². The molecule has 0 radical (unpaired) electrons. The normalized spacial score (nSPS) is 21.6. The maximum absolute atomic E-state index is 13.6. The molecule has 236 valence electrons. The number of benzene rings is 1. The van der Waals surface area contributed by atoms with Gasteiger partial charge in [0.1, 0.15) is 23.4 Å². The smallest absolute Gasteiger partial charge is 0.409 e. The molecule has 12 nitrogen and oxygen atoms in total. The summed E-state index contributed by atoms with van der Waals surface area (Å²) in [6, 6.07) is 6.33. The van der Waals surface area contributed by atoms with Crippen molar-refractivity contribution in [1.82, 2.24) is 25.1 Å². The summed E-state index contributed by atoms with van der Waals surface area (Å²) in [4.78, 5) is 65.3. The number of piperazine rings is 1. The van der Waals surface area contributed by atoms with Crippen LogP contribution in [0.2, 0.25) is 0 Å². The van der Waals surface area contributed by atoms with Crippen LogP contribution >= 0.6 is 0 Å². The van der Waals surface area contributed by atoms with E-state index in [0.29, 0.717) is 57.3 Å². The quantitative estimate of drug-likeness (QED) is 0.388. The molecular weight excluding hydrogens is 571 g/mol. The van der Waals surface area contributed by atoms with E-state index in [9.17, 15) is 28.7 Å². The van der Waals surface area contributed by atoms with Crippen LogP contribution in [0.1, 0.15) is 44.1 Å². The topological polar surface area (TPSA) is 145 Å². The van der Waals surface area contributed by atoms with E-state index in [4.69, 9.17) is 4.74 Å². The molecule has 2 aromatic rings. The SMILES string of the molecule is CCCCOC(=O)N1CCN(C(=O)[C@@H](NC(=O)c2cc(N3CC4C(C3)C4C(=O)O)nc(-c3ccc(F)cc3)n2)C(C)C)CC1. The van der Waals surface area contributed by atoms with Crippen molar-refractivity contribution in [2.45, 2.75) is 39.7 Å². The van der Waals surface area contributed by atoms with Crippen LogP contribution in [0.5, 0.6) is 0 Å². The number of hydrogen-bond donors (Lipinski definition) is 2. The van der Waals surface area contributed by atoms with Crippen LogP contribution in [0.25, 0.3) is 11.4 Å². The number of carbonyl (C=O) groups excluding carboxylic acids is 3. The Balaban J connectivity index is 1.30. The predicted octanol–water partition coefficient (Wildman–Crippen LogP) is 2.88. The van der Waals surface area contributed by atoms with Gasteiger partial charge in [0.25, 0.3) is 5.91 Å². The van der Waals surface area contributed by atoms with Gasteiger partial charge in [-0.1, -0.05) is 27.2 Å². The van der Waals surface area contributed by atoms with Crippen molar-refractivity contribution >= 4 is 29.7 Å². The first-order chi connectivity index (χ1) is 21.1. The maximum Gasteiger partial charge on any atom is 0.409 e. The zero-order valence-corrected chi connectivity index (χ0v) is 25.2. The molecule has 2 saturated heterocycles. The Labute approximate surface area is 255 Å². The first-order valence-corrected chi connectivity index (χ1v) is 15.2. The number of rotatable bonds is 10. The number of hydrogen-bond acceptors (Lipinski definition) is 8. The Hall–Kier alpha value is -4.29. The first-order valence-electron chi connectivity index (χ1n) is 15.2. The largest absolute Gasteiger partial charge is 0.481 e. The zero-order chi connectivity index (χ0) is 31.5. The lowest BCUT2D eigenvalue weighted by Crippen LogP contribution is -2.57. The standard InChI is InChI=1S/C31H39FN6O6/c1-4-5-14-44-31(43)37-12-10-36(11-13-37)29(40)26(18(2)3)35-28(39)23-15-24(38-16-21-22(17-38)25(21)30(41)42)34-27(33-23)19-6-8-20(32)9-7-19/h6-9,15,18,21-22,25-26H,4-5,10-14,16-17H2,1-3H3,(H,35,39)(H,41,42)/t21?,22?,25?,26-/m0/s1. The van der Waals surface area contributed by atoms with Gasteiger partial charge >= 0.3 is 12.1 Å². The van der Waals surface area contributed by atoms with E-state index in [-0.39, 0.29) is 47.2 Å². The molecule has 3 aliphatic rings. The fourth-order valence-corrected chi connectivity index (χ4v) is 5.95. The highest BCUT2D eigenvalue weighted by molar-refractivity contribution is 5.97. The molecule has 1 aromatic heterocycles. The van der Waals surface area contributed by atoms with Gasteiger partial charge in [-0.2, -0.15) is 0 Å². The zero-order valence-electron chi connectivity index (χ0n) is 25.2. The fraction of sp³-hybridized carbons (Fsp3) is 0.548. The van der Waals surface area contributed by atoms with Gasteiger partial charge in [0.2, 0.25) is 5.91 Å². The van der Waals surface area contributed by atoms with Crippen molar-refractivity contribution in [2.24, 2.45) is 23.7 Å². The number of aromatic nitrogens is 2. The predicted molar refractivity (Wildman–Crippen MR) is 158 cm³/mol.